The van der Waals surface area contributed by atoms with Crippen LogP contribution in [0, 0.1) is 11.8 Å². The topological polar surface area (TPSA) is 142 Å². The molecule has 0 unspecified atom stereocenters. The normalized spacial score (nSPS) is 15.7. The van der Waals surface area contributed by atoms with Crippen LogP contribution in [-0.2, 0) is 24.9 Å². The first-order valence-electron chi connectivity index (χ1n) is 13.0. The first-order valence-corrected chi connectivity index (χ1v) is 13.7. The number of carbonyl (C=O) groups is 1. The van der Waals surface area contributed by atoms with Crippen LogP contribution in [0.25, 0.3) is 22.3 Å². The summed E-state index contributed by atoms with van der Waals surface area (Å²) < 4.78 is 18.0. The SMILES string of the molecule is CC#CCn1c(N2CCC[C@@H](NC(=O)OC(C)(C)C)C2)nc2c1c(=O)n(Cc1ccc3nsnc3n1)c(=O)n2C. The van der Waals surface area contributed by atoms with Crippen LogP contribution in [0.1, 0.15) is 46.2 Å². The van der Waals surface area contributed by atoms with Crippen molar-refractivity contribution in [1.29, 1.82) is 0 Å². The zero-order valence-electron chi connectivity index (χ0n) is 23.1. The Balaban J connectivity index is 1.54. The number of aromatic nitrogens is 7. The molecule has 1 saturated heterocycles. The summed E-state index contributed by atoms with van der Waals surface area (Å²) in [5, 5.41) is 2.95. The van der Waals surface area contributed by atoms with E-state index in [0.29, 0.717) is 35.9 Å². The van der Waals surface area contributed by atoms with Crippen molar-refractivity contribution >= 4 is 46.1 Å². The molecule has 1 fully saturated rings. The van der Waals surface area contributed by atoms with E-state index in [2.05, 4.69) is 30.9 Å². The van der Waals surface area contributed by atoms with Gasteiger partial charge in [0.2, 0.25) is 5.95 Å². The van der Waals surface area contributed by atoms with Crippen molar-refractivity contribution in [2.75, 3.05) is 18.0 Å². The summed E-state index contributed by atoms with van der Waals surface area (Å²) in [6, 6.07) is 3.33. The first kappa shape index (κ1) is 27.3. The fourth-order valence-electron chi connectivity index (χ4n) is 4.77. The third kappa shape index (κ3) is 5.42. The Morgan fingerprint density at radius 1 is 1.20 bits per heavy atom. The molecule has 14 heteroatoms. The Kier molecular flexibility index (Phi) is 7.33. The molecular formula is C26H31N9O4S. The predicted molar refractivity (Wildman–Crippen MR) is 152 cm³/mol. The Bertz CT molecular complexity index is 1770. The van der Waals surface area contributed by atoms with Crippen molar-refractivity contribution in [3.05, 3.63) is 38.7 Å². The maximum Gasteiger partial charge on any atom is 0.407 e. The van der Waals surface area contributed by atoms with Gasteiger partial charge >= 0.3 is 11.8 Å². The number of hydrogen-bond acceptors (Lipinski definition) is 10. The number of carbonyl (C=O) groups excluding carboxylic acids is 1. The molecule has 1 aliphatic rings. The van der Waals surface area contributed by atoms with Crippen molar-refractivity contribution in [2.24, 2.45) is 7.05 Å². The van der Waals surface area contributed by atoms with E-state index in [0.717, 1.165) is 29.1 Å². The van der Waals surface area contributed by atoms with Crippen molar-refractivity contribution < 1.29 is 9.53 Å². The van der Waals surface area contributed by atoms with Gasteiger partial charge in [-0.15, -0.1) is 5.92 Å². The average molecular weight is 566 g/mol. The van der Waals surface area contributed by atoms with Gasteiger partial charge in [0.15, 0.2) is 16.8 Å². The lowest BCUT2D eigenvalue weighted by molar-refractivity contribution is 0.0499. The molecule has 1 amide bonds. The van der Waals surface area contributed by atoms with Crippen LogP contribution < -0.4 is 21.5 Å². The van der Waals surface area contributed by atoms with Gasteiger partial charge in [-0.1, -0.05) is 5.92 Å². The molecule has 4 aromatic rings. The van der Waals surface area contributed by atoms with Gasteiger partial charge in [-0.3, -0.25) is 18.5 Å². The molecular weight excluding hydrogens is 534 g/mol. The van der Waals surface area contributed by atoms with Crippen LogP contribution >= 0.6 is 11.7 Å². The van der Waals surface area contributed by atoms with Crippen molar-refractivity contribution in [1.82, 2.24) is 37.7 Å². The summed E-state index contributed by atoms with van der Waals surface area (Å²) >= 11 is 1.05. The Morgan fingerprint density at radius 3 is 2.75 bits per heavy atom. The van der Waals surface area contributed by atoms with Crippen molar-refractivity contribution in [3.8, 4) is 11.8 Å². The molecule has 0 saturated carbocycles. The third-order valence-electron chi connectivity index (χ3n) is 6.55. The maximum atomic E-state index is 13.8. The summed E-state index contributed by atoms with van der Waals surface area (Å²) in [6.07, 6.45) is 1.10. The molecule has 13 nitrogen and oxygen atoms in total. The van der Waals surface area contributed by atoms with Gasteiger partial charge in [0, 0.05) is 26.2 Å². The molecule has 1 N–H and O–H groups in total. The lowest BCUT2D eigenvalue weighted by Crippen LogP contribution is -2.49. The molecule has 0 aliphatic carbocycles. The number of hydrogen-bond donors (Lipinski definition) is 1. The number of ether oxygens (including phenoxy) is 1. The fourth-order valence-corrected chi connectivity index (χ4v) is 5.25. The molecule has 0 bridgehead atoms. The number of amides is 1. The van der Waals surface area contributed by atoms with E-state index in [-0.39, 0.29) is 30.3 Å². The zero-order valence-corrected chi connectivity index (χ0v) is 23.9. The summed E-state index contributed by atoms with van der Waals surface area (Å²) in [6.45, 7) is 8.50. The first-order chi connectivity index (χ1) is 19.1. The second-order valence-electron chi connectivity index (χ2n) is 10.7. The molecule has 1 atom stereocenters. The molecule has 4 aromatic heterocycles. The van der Waals surface area contributed by atoms with Gasteiger partial charge < -0.3 is 15.0 Å². The fraction of sp³-hybridized carbons (Fsp3) is 0.500. The minimum atomic E-state index is -0.603. The molecule has 5 heterocycles. The van der Waals surface area contributed by atoms with Gasteiger partial charge in [-0.05, 0) is 52.7 Å². The average Bonchev–Trinajstić information content (AvgIpc) is 3.52. The number of imidazole rings is 1. The Hall–Kier alpha value is -4.25. The summed E-state index contributed by atoms with van der Waals surface area (Å²) in [4.78, 5) is 50.8. The molecule has 0 spiro atoms. The molecule has 0 radical (unpaired) electrons. The second-order valence-corrected chi connectivity index (χ2v) is 11.2. The van der Waals surface area contributed by atoms with Gasteiger partial charge in [0.25, 0.3) is 5.56 Å². The van der Waals surface area contributed by atoms with Crippen LogP contribution in [0.5, 0.6) is 0 Å². The van der Waals surface area contributed by atoms with Gasteiger partial charge in [-0.25, -0.2) is 14.6 Å². The highest BCUT2D eigenvalue weighted by Gasteiger charge is 2.29. The summed E-state index contributed by atoms with van der Waals surface area (Å²) in [7, 11) is 1.59. The Morgan fingerprint density at radius 2 is 2.00 bits per heavy atom. The summed E-state index contributed by atoms with van der Waals surface area (Å²) in [5.41, 5.74) is 0.612. The van der Waals surface area contributed by atoms with E-state index >= 15 is 0 Å². The highest BCUT2D eigenvalue weighted by molar-refractivity contribution is 7.00. The van der Waals surface area contributed by atoms with E-state index < -0.39 is 22.9 Å². The minimum absolute atomic E-state index is 0.0273. The van der Waals surface area contributed by atoms with Gasteiger partial charge in [0.1, 0.15) is 11.1 Å². The second kappa shape index (κ2) is 10.7. The van der Waals surface area contributed by atoms with E-state index in [4.69, 9.17) is 9.72 Å². The zero-order chi connectivity index (χ0) is 28.6. The molecule has 0 aromatic carbocycles. The number of anilines is 1. The lowest BCUT2D eigenvalue weighted by atomic mass is 10.1. The minimum Gasteiger partial charge on any atom is -0.444 e. The monoisotopic (exact) mass is 565 g/mol. The van der Waals surface area contributed by atoms with Crippen LogP contribution in [0.4, 0.5) is 10.7 Å². The Labute approximate surface area is 234 Å². The van der Waals surface area contributed by atoms with E-state index in [9.17, 15) is 14.4 Å². The lowest BCUT2D eigenvalue weighted by Gasteiger charge is -2.34. The number of alkyl carbamates (subject to hydrolysis) is 1. The largest absolute Gasteiger partial charge is 0.444 e. The van der Waals surface area contributed by atoms with Gasteiger partial charge in [0.05, 0.1) is 30.5 Å². The number of fused-ring (bicyclic) bond motifs is 2. The maximum absolute atomic E-state index is 13.8. The number of nitrogens with zero attached hydrogens (tertiary/aromatic N) is 8. The van der Waals surface area contributed by atoms with E-state index in [1.165, 1.54) is 4.57 Å². The highest BCUT2D eigenvalue weighted by atomic mass is 32.1. The predicted octanol–water partition coefficient (Wildman–Crippen LogP) is 1.86. The third-order valence-corrected chi connectivity index (χ3v) is 7.08. The quantitative estimate of drug-likeness (QED) is 0.359. The van der Waals surface area contributed by atoms with Gasteiger partial charge in [-0.2, -0.15) is 13.7 Å². The van der Waals surface area contributed by atoms with Crippen LogP contribution in [0.3, 0.4) is 0 Å². The van der Waals surface area contributed by atoms with Crippen molar-refractivity contribution in [3.63, 3.8) is 0 Å². The highest BCUT2D eigenvalue weighted by Crippen LogP contribution is 2.23. The summed E-state index contributed by atoms with van der Waals surface area (Å²) in [5.74, 6) is 6.44. The van der Waals surface area contributed by atoms with Crippen LogP contribution in [0.15, 0.2) is 21.7 Å². The van der Waals surface area contributed by atoms with Crippen LogP contribution in [0.2, 0.25) is 0 Å². The van der Waals surface area contributed by atoms with Crippen LogP contribution in [-0.4, -0.2) is 63.2 Å². The standard InChI is InChI=1S/C26H31N9O4S/c1-6-7-13-34-19-21(29-23(34)33-12-8-9-16(14-33)28-24(37)39-26(2,3)4)32(5)25(38)35(22(19)36)15-17-10-11-18-20(27-17)31-40-30-18/h10-11,16H,8-9,12-15H2,1-5H3,(H,28,37)/t16-/m1/s1. The number of nitrogens with one attached hydrogen (secondary N) is 1. The number of aryl methyl sites for hydroxylation is 1. The number of piperidine rings is 1. The van der Waals surface area contributed by atoms with E-state index in [1.54, 1.807) is 30.7 Å². The molecule has 40 heavy (non-hydrogen) atoms. The number of rotatable bonds is 5. The van der Waals surface area contributed by atoms with Crippen molar-refractivity contribution in [2.45, 2.75) is 65.3 Å². The molecule has 5 rings (SSSR count). The molecule has 1 aliphatic heterocycles. The molecule has 210 valence electrons. The smallest absolute Gasteiger partial charge is 0.407 e. The number of pyridine rings is 1. The van der Waals surface area contributed by atoms with E-state index in [1.807, 2.05) is 25.7 Å².